The summed E-state index contributed by atoms with van der Waals surface area (Å²) in [6.45, 7) is 5.57. The van der Waals surface area contributed by atoms with Crippen molar-refractivity contribution in [2.75, 3.05) is 13.1 Å². The third kappa shape index (κ3) is 5.94. The Kier molecular flexibility index (Phi) is 6.12. The summed E-state index contributed by atoms with van der Waals surface area (Å²) in [5.41, 5.74) is 0.298. The second-order valence-corrected chi connectivity index (χ2v) is 6.06. The molecule has 0 aromatic heterocycles. The van der Waals surface area contributed by atoms with E-state index < -0.39 is 5.97 Å². The molecule has 1 rings (SSSR count). The summed E-state index contributed by atoms with van der Waals surface area (Å²) in [5, 5.41) is 14.1. The molecular weight excluding hydrogens is 244 g/mol. The van der Waals surface area contributed by atoms with Crippen LogP contribution in [0.5, 0.6) is 0 Å². The summed E-state index contributed by atoms with van der Waals surface area (Å²) < 4.78 is 0. The lowest BCUT2D eigenvalue weighted by Crippen LogP contribution is -2.46. The second kappa shape index (κ2) is 7.36. The highest BCUT2D eigenvalue weighted by atomic mass is 16.4. The lowest BCUT2D eigenvalue weighted by molar-refractivity contribution is -0.137. The molecule has 5 nitrogen and oxygen atoms in total. The molecule has 1 aliphatic carbocycles. The summed E-state index contributed by atoms with van der Waals surface area (Å²) in [5.74, 6) is -0.173. The average Bonchev–Trinajstić information content (AvgIpc) is 2.27. The quantitative estimate of drug-likeness (QED) is 0.592. The number of carbonyl (C=O) groups excluding carboxylic acids is 1. The topological polar surface area (TPSA) is 78.4 Å². The van der Waals surface area contributed by atoms with Crippen molar-refractivity contribution in [2.45, 2.75) is 52.4 Å². The molecule has 1 aliphatic rings. The Morgan fingerprint density at radius 3 is 2.42 bits per heavy atom. The molecule has 0 aromatic carbocycles. The number of hydrogen-bond donors (Lipinski definition) is 3. The van der Waals surface area contributed by atoms with Gasteiger partial charge in [0.25, 0.3) is 0 Å². The van der Waals surface area contributed by atoms with E-state index in [4.69, 9.17) is 5.11 Å². The lowest BCUT2D eigenvalue weighted by atomic mass is 9.64. The van der Waals surface area contributed by atoms with Crippen LogP contribution < -0.4 is 10.6 Å². The molecular formula is C14H26N2O3. The number of rotatable bonds is 8. The maximum absolute atomic E-state index is 11.6. The normalized spacial score (nSPS) is 16.8. The van der Waals surface area contributed by atoms with Gasteiger partial charge in [-0.05, 0) is 37.0 Å². The number of carbonyl (C=O) groups is 2. The molecule has 110 valence electrons. The molecule has 0 atom stereocenters. The Morgan fingerprint density at radius 2 is 1.95 bits per heavy atom. The van der Waals surface area contributed by atoms with Gasteiger partial charge in [0.15, 0.2) is 0 Å². The van der Waals surface area contributed by atoms with Crippen molar-refractivity contribution in [1.82, 2.24) is 10.6 Å². The molecule has 5 heteroatoms. The van der Waals surface area contributed by atoms with Crippen LogP contribution in [0.25, 0.3) is 0 Å². The molecule has 0 bridgehead atoms. The number of amides is 2. The van der Waals surface area contributed by atoms with E-state index in [1.807, 2.05) is 0 Å². The zero-order chi connectivity index (χ0) is 14.3. The zero-order valence-electron chi connectivity index (χ0n) is 12.0. The van der Waals surface area contributed by atoms with E-state index in [0.29, 0.717) is 24.3 Å². The van der Waals surface area contributed by atoms with E-state index in [2.05, 4.69) is 24.5 Å². The number of hydrogen-bond acceptors (Lipinski definition) is 2. The fourth-order valence-corrected chi connectivity index (χ4v) is 2.77. The maximum Gasteiger partial charge on any atom is 0.314 e. The van der Waals surface area contributed by atoms with Gasteiger partial charge < -0.3 is 15.7 Å². The third-order valence-electron chi connectivity index (χ3n) is 3.73. The minimum Gasteiger partial charge on any atom is -0.481 e. The first-order valence-electron chi connectivity index (χ1n) is 7.17. The SMILES string of the molecule is CC(C)CC1(CNC(=O)NCCCC(=O)O)CCC1. The van der Waals surface area contributed by atoms with Gasteiger partial charge in [-0.2, -0.15) is 0 Å². The predicted molar refractivity (Wildman–Crippen MR) is 74.0 cm³/mol. The molecule has 2 amide bonds. The highest BCUT2D eigenvalue weighted by Crippen LogP contribution is 2.45. The van der Waals surface area contributed by atoms with Crippen molar-refractivity contribution in [1.29, 1.82) is 0 Å². The fraction of sp³-hybridized carbons (Fsp3) is 0.857. The Bertz CT molecular complexity index is 312. The lowest BCUT2D eigenvalue weighted by Gasteiger charge is -2.43. The van der Waals surface area contributed by atoms with Crippen molar-refractivity contribution >= 4 is 12.0 Å². The van der Waals surface area contributed by atoms with Crippen molar-refractivity contribution < 1.29 is 14.7 Å². The van der Waals surface area contributed by atoms with Crippen LogP contribution in [0, 0.1) is 11.3 Å². The van der Waals surface area contributed by atoms with Crippen LogP contribution >= 0.6 is 0 Å². The average molecular weight is 270 g/mol. The summed E-state index contributed by atoms with van der Waals surface area (Å²) in [7, 11) is 0. The molecule has 1 fully saturated rings. The highest BCUT2D eigenvalue weighted by Gasteiger charge is 2.37. The molecule has 19 heavy (non-hydrogen) atoms. The van der Waals surface area contributed by atoms with Gasteiger partial charge in [0, 0.05) is 19.5 Å². The molecule has 0 unspecified atom stereocenters. The third-order valence-corrected chi connectivity index (χ3v) is 3.73. The first kappa shape index (κ1) is 15.8. The summed E-state index contributed by atoms with van der Waals surface area (Å²) in [4.78, 5) is 21.9. The van der Waals surface area contributed by atoms with Crippen LogP contribution in [0.4, 0.5) is 4.79 Å². The molecule has 0 heterocycles. The molecule has 0 aliphatic heterocycles. The Hall–Kier alpha value is -1.26. The van der Waals surface area contributed by atoms with E-state index in [9.17, 15) is 9.59 Å². The van der Waals surface area contributed by atoms with Gasteiger partial charge in [0.05, 0.1) is 0 Å². The number of carboxylic acid groups (broad SMARTS) is 1. The van der Waals surface area contributed by atoms with Crippen molar-refractivity contribution in [3.63, 3.8) is 0 Å². The van der Waals surface area contributed by atoms with Gasteiger partial charge in [-0.1, -0.05) is 20.3 Å². The van der Waals surface area contributed by atoms with E-state index in [0.717, 1.165) is 13.0 Å². The largest absolute Gasteiger partial charge is 0.481 e. The van der Waals surface area contributed by atoms with Gasteiger partial charge in [-0.3, -0.25) is 4.79 Å². The predicted octanol–water partition coefficient (Wildman–Crippen LogP) is 2.37. The van der Waals surface area contributed by atoms with Gasteiger partial charge in [-0.25, -0.2) is 4.79 Å². The molecule has 1 saturated carbocycles. The van der Waals surface area contributed by atoms with Crippen molar-refractivity contribution in [2.24, 2.45) is 11.3 Å². The van der Waals surface area contributed by atoms with Gasteiger partial charge in [0.1, 0.15) is 0 Å². The zero-order valence-corrected chi connectivity index (χ0v) is 12.0. The molecule has 0 saturated heterocycles. The monoisotopic (exact) mass is 270 g/mol. The van der Waals surface area contributed by atoms with Crippen LogP contribution in [-0.4, -0.2) is 30.2 Å². The first-order chi connectivity index (χ1) is 8.93. The fourth-order valence-electron chi connectivity index (χ4n) is 2.77. The minimum absolute atomic E-state index is 0.0948. The Labute approximate surface area is 115 Å². The summed E-state index contributed by atoms with van der Waals surface area (Å²) >= 11 is 0. The molecule has 0 radical (unpaired) electrons. The van der Waals surface area contributed by atoms with E-state index in [-0.39, 0.29) is 12.5 Å². The van der Waals surface area contributed by atoms with Crippen LogP contribution in [0.3, 0.4) is 0 Å². The molecule has 0 spiro atoms. The van der Waals surface area contributed by atoms with Crippen LogP contribution in [0.2, 0.25) is 0 Å². The summed E-state index contributed by atoms with van der Waals surface area (Å²) in [6.07, 6.45) is 5.38. The number of nitrogens with one attached hydrogen (secondary N) is 2. The minimum atomic E-state index is -0.826. The highest BCUT2D eigenvalue weighted by molar-refractivity contribution is 5.74. The summed E-state index contributed by atoms with van der Waals surface area (Å²) in [6, 6.07) is -0.180. The number of carboxylic acids is 1. The first-order valence-corrected chi connectivity index (χ1v) is 7.17. The number of aliphatic carboxylic acids is 1. The van der Waals surface area contributed by atoms with Crippen LogP contribution in [0.15, 0.2) is 0 Å². The van der Waals surface area contributed by atoms with Gasteiger partial charge in [-0.15, -0.1) is 0 Å². The molecule has 0 aromatic rings. The maximum atomic E-state index is 11.6. The van der Waals surface area contributed by atoms with E-state index in [1.54, 1.807) is 0 Å². The smallest absolute Gasteiger partial charge is 0.314 e. The van der Waals surface area contributed by atoms with E-state index >= 15 is 0 Å². The number of urea groups is 1. The van der Waals surface area contributed by atoms with Crippen molar-refractivity contribution in [3.8, 4) is 0 Å². The van der Waals surface area contributed by atoms with Gasteiger partial charge >= 0.3 is 12.0 Å². The Morgan fingerprint density at radius 1 is 1.26 bits per heavy atom. The Balaban J connectivity index is 2.16. The standard InChI is InChI=1S/C14H26N2O3/c1-11(2)9-14(6-4-7-14)10-16-13(19)15-8-3-5-12(17)18/h11H,3-10H2,1-2H3,(H,17,18)(H2,15,16,19). The van der Waals surface area contributed by atoms with Gasteiger partial charge in [0.2, 0.25) is 0 Å². The molecule has 3 N–H and O–H groups in total. The van der Waals surface area contributed by atoms with Crippen LogP contribution in [-0.2, 0) is 4.79 Å². The second-order valence-electron chi connectivity index (χ2n) is 6.06. The van der Waals surface area contributed by atoms with Crippen LogP contribution in [0.1, 0.15) is 52.4 Å². The van der Waals surface area contributed by atoms with E-state index in [1.165, 1.54) is 19.3 Å². The van der Waals surface area contributed by atoms with Crippen molar-refractivity contribution in [3.05, 3.63) is 0 Å².